The average molecular weight is 308 g/mol. The van der Waals surface area contributed by atoms with Crippen molar-refractivity contribution in [2.45, 2.75) is 32.3 Å². The molecule has 0 saturated carbocycles. The van der Waals surface area contributed by atoms with Gasteiger partial charge in [0.05, 0.1) is 6.42 Å². The van der Waals surface area contributed by atoms with E-state index in [1.807, 2.05) is 6.08 Å². The number of esters is 1. The standard InChI is InChI=1S/C16H18ClNO3/c1-11(21-15(19)9-12-5-2-3-6-12)16(20)18-14-8-4-7-13(17)10-14/h2,4-5,7-8,10-12H,3,6,9H2,1H3,(H,18,20)/t11-,12-/m1/s1. The predicted octanol–water partition coefficient (Wildman–Crippen LogP) is 3.57. The summed E-state index contributed by atoms with van der Waals surface area (Å²) in [6.45, 7) is 1.56. The van der Waals surface area contributed by atoms with E-state index in [2.05, 4.69) is 11.4 Å². The van der Waals surface area contributed by atoms with Gasteiger partial charge in [0.2, 0.25) is 0 Å². The molecule has 1 aliphatic rings. The van der Waals surface area contributed by atoms with Crippen molar-refractivity contribution in [3.05, 3.63) is 41.4 Å². The van der Waals surface area contributed by atoms with E-state index in [9.17, 15) is 9.59 Å². The third-order valence-electron chi connectivity index (χ3n) is 3.31. The Morgan fingerprint density at radius 2 is 2.29 bits per heavy atom. The van der Waals surface area contributed by atoms with Crippen LogP contribution in [0.5, 0.6) is 0 Å². The summed E-state index contributed by atoms with van der Waals surface area (Å²) >= 11 is 5.84. The van der Waals surface area contributed by atoms with Crippen molar-refractivity contribution in [2.24, 2.45) is 5.92 Å². The lowest BCUT2D eigenvalue weighted by Gasteiger charge is -2.15. The Kier molecular flexibility index (Phi) is 5.39. The number of carbonyl (C=O) groups is 2. The molecule has 0 saturated heterocycles. The maximum Gasteiger partial charge on any atom is 0.307 e. The molecule has 0 unspecified atom stereocenters. The van der Waals surface area contributed by atoms with Crippen molar-refractivity contribution in [3.8, 4) is 0 Å². The molecule has 2 atom stereocenters. The van der Waals surface area contributed by atoms with Crippen molar-refractivity contribution in [1.82, 2.24) is 0 Å². The van der Waals surface area contributed by atoms with Crippen molar-refractivity contribution in [1.29, 1.82) is 0 Å². The fourth-order valence-electron chi connectivity index (χ4n) is 2.19. The van der Waals surface area contributed by atoms with Crippen LogP contribution in [0.4, 0.5) is 5.69 Å². The number of ether oxygens (including phenoxy) is 1. The number of rotatable bonds is 5. The zero-order valence-electron chi connectivity index (χ0n) is 11.8. The molecule has 0 fully saturated rings. The number of nitrogens with one attached hydrogen (secondary N) is 1. The summed E-state index contributed by atoms with van der Waals surface area (Å²) in [6.07, 6.45) is 5.55. The topological polar surface area (TPSA) is 55.4 Å². The molecule has 0 spiro atoms. The van der Waals surface area contributed by atoms with Crippen LogP contribution < -0.4 is 5.32 Å². The van der Waals surface area contributed by atoms with Gasteiger partial charge in [-0.05, 0) is 43.9 Å². The Balaban J connectivity index is 1.81. The first-order chi connectivity index (χ1) is 10.0. The lowest BCUT2D eigenvalue weighted by Crippen LogP contribution is -2.30. The average Bonchev–Trinajstić information content (AvgIpc) is 2.91. The first-order valence-corrected chi connectivity index (χ1v) is 7.35. The maximum absolute atomic E-state index is 12.0. The molecule has 112 valence electrons. The molecule has 5 heteroatoms. The maximum atomic E-state index is 12.0. The molecular formula is C16H18ClNO3. The smallest absolute Gasteiger partial charge is 0.307 e. The van der Waals surface area contributed by atoms with Crippen molar-refractivity contribution >= 4 is 29.2 Å². The number of carbonyl (C=O) groups excluding carboxylic acids is 2. The van der Waals surface area contributed by atoms with Gasteiger partial charge in [-0.3, -0.25) is 9.59 Å². The summed E-state index contributed by atoms with van der Waals surface area (Å²) in [5, 5.41) is 3.20. The van der Waals surface area contributed by atoms with E-state index in [1.165, 1.54) is 0 Å². The van der Waals surface area contributed by atoms with E-state index >= 15 is 0 Å². The molecule has 0 aliphatic heterocycles. The Bertz CT molecular complexity index is 556. The second-order valence-electron chi connectivity index (χ2n) is 5.10. The number of halogens is 1. The highest BCUT2D eigenvalue weighted by molar-refractivity contribution is 6.30. The highest BCUT2D eigenvalue weighted by atomic mass is 35.5. The number of anilines is 1. The van der Waals surface area contributed by atoms with Gasteiger partial charge in [-0.1, -0.05) is 29.8 Å². The summed E-state index contributed by atoms with van der Waals surface area (Å²) in [7, 11) is 0. The molecule has 1 N–H and O–H groups in total. The SMILES string of the molecule is C[C@@H](OC(=O)C[C@@H]1C=CCC1)C(=O)Nc1cccc(Cl)c1. The minimum Gasteiger partial charge on any atom is -0.453 e. The van der Waals surface area contributed by atoms with E-state index in [0.29, 0.717) is 17.1 Å². The number of hydrogen-bond acceptors (Lipinski definition) is 3. The molecule has 0 bridgehead atoms. The molecule has 1 amide bonds. The Morgan fingerprint density at radius 1 is 1.48 bits per heavy atom. The molecule has 0 radical (unpaired) electrons. The lowest BCUT2D eigenvalue weighted by molar-refractivity contribution is -0.153. The van der Waals surface area contributed by atoms with Gasteiger partial charge in [-0.25, -0.2) is 0 Å². The van der Waals surface area contributed by atoms with Crippen molar-refractivity contribution in [2.75, 3.05) is 5.32 Å². The van der Waals surface area contributed by atoms with Gasteiger partial charge in [-0.2, -0.15) is 0 Å². The monoisotopic (exact) mass is 307 g/mol. The van der Waals surface area contributed by atoms with Gasteiger partial charge in [0.25, 0.3) is 5.91 Å². The summed E-state index contributed by atoms with van der Waals surface area (Å²) in [4.78, 5) is 23.7. The largest absolute Gasteiger partial charge is 0.453 e. The zero-order valence-corrected chi connectivity index (χ0v) is 12.6. The second-order valence-corrected chi connectivity index (χ2v) is 5.54. The quantitative estimate of drug-likeness (QED) is 0.668. The normalized spacial score (nSPS) is 18.3. The van der Waals surface area contributed by atoms with Crippen LogP contribution in [0.1, 0.15) is 26.2 Å². The fraction of sp³-hybridized carbons (Fsp3) is 0.375. The van der Waals surface area contributed by atoms with E-state index < -0.39 is 6.10 Å². The van der Waals surface area contributed by atoms with Crippen molar-refractivity contribution < 1.29 is 14.3 Å². The summed E-state index contributed by atoms with van der Waals surface area (Å²) in [5.41, 5.74) is 0.578. The van der Waals surface area contributed by atoms with E-state index in [4.69, 9.17) is 16.3 Å². The Labute approximate surface area is 129 Å². The number of hydrogen-bond donors (Lipinski definition) is 1. The minimum atomic E-state index is -0.832. The van der Waals surface area contributed by atoms with Crippen LogP contribution in [-0.4, -0.2) is 18.0 Å². The lowest BCUT2D eigenvalue weighted by atomic mass is 10.1. The minimum absolute atomic E-state index is 0.237. The van der Waals surface area contributed by atoms with Gasteiger partial charge < -0.3 is 10.1 Å². The number of benzene rings is 1. The van der Waals surface area contributed by atoms with Gasteiger partial charge >= 0.3 is 5.97 Å². The molecule has 21 heavy (non-hydrogen) atoms. The molecule has 4 nitrogen and oxygen atoms in total. The molecule has 2 rings (SSSR count). The molecular weight excluding hydrogens is 290 g/mol. The molecule has 0 aromatic heterocycles. The van der Waals surface area contributed by atoms with Crippen LogP contribution in [0, 0.1) is 5.92 Å². The van der Waals surface area contributed by atoms with Crippen molar-refractivity contribution in [3.63, 3.8) is 0 Å². The summed E-state index contributed by atoms with van der Waals surface area (Å²) in [5.74, 6) is -0.478. The third-order valence-corrected chi connectivity index (χ3v) is 3.55. The molecule has 0 heterocycles. The number of amides is 1. The first-order valence-electron chi connectivity index (χ1n) is 6.97. The van der Waals surface area contributed by atoms with Crippen LogP contribution in [0.3, 0.4) is 0 Å². The van der Waals surface area contributed by atoms with Crippen LogP contribution in [0.2, 0.25) is 5.02 Å². The van der Waals surface area contributed by atoms with E-state index in [-0.39, 0.29) is 17.8 Å². The summed E-state index contributed by atoms with van der Waals surface area (Å²) in [6, 6.07) is 6.82. The Morgan fingerprint density at radius 3 is 2.95 bits per heavy atom. The van der Waals surface area contributed by atoms with E-state index in [0.717, 1.165) is 12.8 Å². The van der Waals surface area contributed by atoms with Gasteiger partial charge in [0.15, 0.2) is 6.10 Å². The van der Waals surface area contributed by atoms with Crippen LogP contribution >= 0.6 is 11.6 Å². The molecule has 1 aliphatic carbocycles. The second kappa shape index (κ2) is 7.27. The summed E-state index contributed by atoms with van der Waals surface area (Å²) < 4.78 is 5.16. The van der Waals surface area contributed by atoms with Crippen LogP contribution in [0.15, 0.2) is 36.4 Å². The third kappa shape index (κ3) is 4.90. The fourth-order valence-corrected chi connectivity index (χ4v) is 2.38. The van der Waals surface area contributed by atoms with Gasteiger partial charge in [0, 0.05) is 10.7 Å². The Hall–Kier alpha value is -1.81. The van der Waals surface area contributed by atoms with E-state index in [1.54, 1.807) is 31.2 Å². The van der Waals surface area contributed by atoms with Gasteiger partial charge in [-0.15, -0.1) is 0 Å². The molecule has 1 aromatic carbocycles. The van der Waals surface area contributed by atoms with Crippen LogP contribution in [-0.2, 0) is 14.3 Å². The highest BCUT2D eigenvalue weighted by Gasteiger charge is 2.21. The molecule has 1 aromatic rings. The van der Waals surface area contributed by atoms with Crippen LogP contribution in [0.25, 0.3) is 0 Å². The highest BCUT2D eigenvalue weighted by Crippen LogP contribution is 2.21. The number of allylic oxidation sites excluding steroid dienone is 2. The first kappa shape index (κ1) is 15.6. The predicted molar refractivity (Wildman–Crippen MR) is 82.1 cm³/mol. The van der Waals surface area contributed by atoms with Gasteiger partial charge in [0.1, 0.15) is 0 Å². The zero-order chi connectivity index (χ0) is 15.2.